The maximum atomic E-state index is 11.7. The third-order valence-electron chi connectivity index (χ3n) is 2.52. The number of rotatable bonds is 2. The molecule has 6 heteroatoms. The zero-order valence-electron chi connectivity index (χ0n) is 11.6. The van der Waals surface area contributed by atoms with Crippen LogP contribution in [0.1, 0.15) is 32.4 Å². The molecule has 106 valence electrons. The Labute approximate surface area is 117 Å². The maximum Gasteiger partial charge on any atom is 0.408 e. The smallest absolute Gasteiger partial charge is 0.408 e. The SMILES string of the molecule is CC(C)(C)OC(=O)NC(C#N)c1ccc2c(c1)OCO2. The van der Waals surface area contributed by atoms with Crippen LogP contribution in [0, 0.1) is 11.3 Å². The average Bonchev–Trinajstić information content (AvgIpc) is 2.80. The monoisotopic (exact) mass is 276 g/mol. The van der Waals surface area contributed by atoms with Crippen LogP contribution in [0.4, 0.5) is 4.79 Å². The highest BCUT2D eigenvalue weighted by molar-refractivity contribution is 5.69. The van der Waals surface area contributed by atoms with Gasteiger partial charge in [0.2, 0.25) is 6.79 Å². The molecule has 2 rings (SSSR count). The molecule has 1 aliphatic heterocycles. The summed E-state index contributed by atoms with van der Waals surface area (Å²) in [6, 6.07) is 6.30. The van der Waals surface area contributed by atoms with Crippen LogP contribution in [-0.2, 0) is 4.74 Å². The molecule has 1 amide bonds. The van der Waals surface area contributed by atoms with Crippen molar-refractivity contribution in [2.45, 2.75) is 32.4 Å². The summed E-state index contributed by atoms with van der Waals surface area (Å²) in [6.45, 7) is 5.44. The van der Waals surface area contributed by atoms with Crippen molar-refractivity contribution >= 4 is 6.09 Å². The van der Waals surface area contributed by atoms with E-state index in [9.17, 15) is 10.1 Å². The number of amides is 1. The number of fused-ring (bicyclic) bond motifs is 1. The van der Waals surface area contributed by atoms with Crippen molar-refractivity contribution in [2.75, 3.05) is 6.79 Å². The fourth-order valence-electron chi connectivity index (χ4n) is 1.71. The van der Waals surface area contributed by atoms with Gasteiger partial charge in [0.25, 0.3) is 0 Å². The molecule has 0 aliphatic carbocycles. The van der Waals surface area contributed by atoms with Crippen LogP contribution in [0.25, 0.3) is 0 Å². The molecule has 0 fully saturated rings. The molecule has 1 aliphatic rings. The van der Waals surface area contributed by atoms with E-state index in [-0.39, 0.29) is 6.79 Å². The zero-order valence-corrected chi connectivity index (χ0v) is 11.6. The second-order valence-electron chi connectivity index (χ2n) is 5.32. The number of benzene rings is 1. The Morgan fingerprint density at radius 1 is 1.40 bits per heavy atom. The van der Waals surface area contributed by atoms with E-state index in [1.165, 1.54) is 0 Å². The Kier molecular flexibility index (Phi) is 3.70. The number of nitriles is 1. The molecule has 0 saturated heterocycles. The summed E-state index contributed by atoms with van der Waals surface area (Å²) >= 11 is 0. The van der Waals surface area contributed by atoms with Crippen molar-refractivity contribution in [3.05, 3.63) is 23.8 Å². The summed E-state index contributed by atoms with van der Waals surface area (Å²) < 4.78 is 15.6. The first kappa shape index (κ1) is 14.0. The average molecular weight is 276 g/mol. The quantitative estimate of drug-likeness (QED) is 0.897. The number of carbonyl (C=O) groups is 1. The second-order valence-corrected chi connectivity index (χ2v) is 5.32. The zero-order chi connectivity index (χ0) is 14.8. The molecular formula is C14H16N2O4. The van der Waals surface area contributed by atoms with Gasteiger partial charge in [-0.1, -0.05) is 6.07 Å². The summed E-state index contributed by atoms with van der Waals surface area (Å²) in [5.74, 6) is 1.19. The molecule has 1 unspecified atom stereocenters. The van der Waals surface area contributed by atoms with Crippen LogP contribution in [-0.4, -0.2) is 18.5 Å². The minimum atomic E-state index is -0.806. The fourth-order valence-corrected chi connectivity index (χ4v) is 1.71. The van der Waals surface area contributed by atoms with E-state index in [4.69, 9.17) is 14.2 Å². The van der Waals surface area contributed by atoms with Crippen LogP contribution in [0.2, 0.25) is 0 Å². The summed E-state index contributed by atoms with van der Waals surface area (Å²) in [4.78, 5) is 11.7. The first-order valence-corrected chi connectivity index (χ1v) is 6.18. The molecule has 1 aromatic rings. The summed E-state index contributed by atoms with van der Waals surface area (Å²) in [5, 5.41) is 11.7. The predicted octanol–water partition coefficient (Wildman–Crippen LogP) is 2.50. The van der Waals surface area contributed by atoms with Gasteiger partial charge in [-0.25, -0.2) is 4.79 Å². The fraction of sp³-hybridized carbons (Fsp3) is 0.429. The first-order chi connectivity index (χ1) is 9.39. The molecule has 0 aromatic heterocycles. The highest BCUT2D eigenvalue weighted by atomic mass is 16.7. The van der Waals surface area contributed by atoms with Crippen LogP contribution in [0.15, 0.2) is 18.2 Å². The number of alkyl carbamates (subject to hydrolysis) is 1. The van der Waals surface area contributed by atoms with Crippen molar-refractivity contribution in [3.63, 3.8) is 0 Å². The minimum Gasteiger partial charge on any atom is -0.454 e. The molecule has 1 heterocycles. The Morgan fingerprint density at radius 2 is 2.10 bits per heavy atom. The van der Waals surface area contributed by atoms with E-state index < -0.39 is 17.7 Å². The van der Waals surface area contributed by atoms with Gasteiger partial charge in [0.05, 0.1) is 6.07 Å². The number of ether oxygens (including phenoxy) is 3. The lowest BCUT2D eigenvalue weighted by Crippen LogP contribution is -2.34. The maximum absolute atomic E-state index is 11.7. The van der Waals surface area contributed by atoms with Crippen molar-refractivity contribution in [3.8, 4) is 17.6 Å². The third-order valence-corrected chi connectivity index (χ3v) is 2.52. The van der Waals surface area contributed by atoms with Crippen LogP contribution < -0.4 is 14.8 Å². The van der Waals surface area contributed by atoms with Gasteiger partial charge < -0.3 is 19.5 Å². The van der Waals surface area contributed by atoms with Gasteiger partial charge in [0.1, 0.15) is 11.6 Å². The lowest BCUT2D eigenvalue weighted by molar-refractivity contribution is 0.0515. The molecule has 20 heavy (non-hydrogen) atoms. The number of nitrogens with zero attached hydrogens (tertiary/aromatic N) is 1. The topological polar surface area (TPSA) is 80.6 Å². The molecule has 1 aromatic carbocycles. The van der Waals surface area contributed by atoms with Gasteiger partial charge in [0, 0.05) is 0 Å². The number of nitrogens with one attached hydrogen (secondary N) is 1. The minimum absolute atomic E-state index is 0.162. The highest BCUT2D eigenvalue weighted by Gasteiger charge is 2.22. The van der Waals surface area contributed by atoms with E-state index in [0.717, 1.165) is 0 Å². The molecule has 0 saturated carbocycles. The van der Waals surface area contributed by atoms with E-state index in [2.05, 4.69) is 5.32 Å². The molecule has 6 nitrogen and oxygen atoms in total. The molecular weight excluding hydrogens is 260 g/mol. The number of hydrogen-bond acceptors (Lipinski definition) is 5. The summed E-state index contributed by atoms with van der Waals surface area (Å²) in [6.07, 6.45) is -0.637. The van der Waals surface area contributed by atoms with E-state index in [1.54, 1.807) is 39.0 Å². The number of hydrogen-bond donors (Lipinski definition) is 1. The van der Waals surface area contributed by atoms with Crippen LogP contribution in [0.5, 0.6) is 11.5 Å². The third kappa shape index (κ3) is 3.32. The van der Waals surface area contributed by atoms with E-state index >= 15 is 0 Å². The summed E-state index contributed by atoms with van der Waals surface area (Å²) in [5.41, 5.74) is 0.00140. The van der Waals surface area contributed by atoms with Crippen molar-refractivity contribution < 1.29 is 19.0 Å². The number of carbonyl (C=O) groups excluding carboxylic acids is 1. The van der Waals surface area contributed by atoms with E-state index in [1.807, 2.05) is 6.07 Å². The second kappa shape index (κ2) is 5.29. The largest absolute Gasteiger partial charge is 0.454 e. The van der Waals surface area contributed by atoms with Gasteiger partial charge in [-0.2, -0.15) is 5.26 Å². The van der Waals surface area contributed by atoms with Crippen molar-refractivity contribution in [1.82, 2.24) is 5.32 Å². The Bertz CT molecular complexity index is 557. The van der Waals surface area contributed by atoms with Gasteiger partial charge in [0.15, 0.2) is 11.5 Å². The molecule has 1 atom stereocenters. The van der Waals surface area contributed by atoms with Crippen LogP contribution >= 0.6 is 0 Å². The molecule has 0 bridgehead atoms. The summed E-state index contributed by atoms with van der Waals surface area (Å²) in [7, 11) is 0. The van der Waals surface area contributed by atoms with E-state index in [0.29, 0.717) is 17.1 Å². The first-order valence-electron chi connectivity index (χ1n) is 6.18. The Morgan fingerprint density at radius 3 is 2.75 bits per heavy atom. The Balaban J connectivity index is 2.09. The molecule has 0 spiro atoms. The van der Waals surface area contributed by atoms with Crippen LogP contribution in [0.3, 0.4) is 0 Å². The molecule has 1 N–H and O–H groups in total. The normalized spacial score (nSPS) is 14.3. The van der Waals surface area contributed by atoms with Gasteiger partial charge in [-0.3, -0.25) is 0 Å². The predicted molar refractivity (Wildman–Crippen MR) is 70.3 cm³/mol. The lowest BCUT2D eigenvalue weighted by Gasteiger charge is -2.21. The highest BCUT2D eigenvalue weighted by Crippen LogP contribution is 2.34. The van der Waals surface area contributed by atoms with Crippen molar-refractivity contribution in [2.24, 2.45) is 0 Å². The van der Waals surface area contributed by atoms with Gasteiger partial charge in [-0.05, 0) is 38.5 Å². The van der Waals surface area contributed by atoms with Gasteiger partial charge >= 0.3 is 6.09 Å². The standard InChI is InChI=1S/C14H16N2O4/c1-14(2,3)20-13(17)16-10(7-15)9-4-5-11-12(6-9)19-8-18-11/h4-6,10H,8H2,1-3H3,(H,16,17). The van der Waals surface area contributed by atoms with Crippen molar-refractivity contribution in [1.29, 1.82) is 5.26 Å². The lowest BCUT2D eigenvalue weighted by atomic mass is 10.1. The Hall–Kier alpha value is -2.42. The molecule has 0 radical (unpaired) electrons. The van der Waals surface area contributed by atoms with Gasteiger partial charge in [-0.15, -0.1) is 0 Å².